The van der Waals surface area contributed by atoms with Crippen molar-refractivity contribution in [2.45, 2.75) is 77.6 Å². The van der Waals surface area contributed by atoms with Gasteiger partial charge in [-0.25, -0.2) is 0 Å². The first kappa shape index (κ1) is 17.1. The molecule has 0 N–H and O–H groups in total. The molecular formula is C18H30Sn. The Labute approximate surface area is 133 Å². The standard InChI is InChI=1S/C18H29.Sn.H/c1-2-3-4-5-6-7-8-9-10-12-15-18-16-13-11-14-17-18;;/h13-14,16-17H,2-10,12,15H2,1H3;;. The molecule has 0 bridgehead atoms. The van der Waals surface area contributed by atoms with Crippen LogP contribution < -0.4 is 3.58 Å². The predicted octanol–water partition coefficient (Wildman–Crippen LogP) is 4.68. The van der Waals surface area contributed by atoms with Crippen molar-refractivity contribution in [2.75, 3.05) is 0 Å². The van der Waals surface area contributed by atoms with Gasteiger partial charge in [-0.1, -0.05) is 26.2 Å². The van der Waals surface area contributed by atoms with Gasteiger partial charge in [-0.15, -0.1) is 0 Å². The summed E-state index contributed by atoms with van der Waals surface area (Å²) in [4.78, 5) is 0. The zero-order valence-electron chi connectivity index (χ0n) is 12.7. The molecule has 106 valence electrons. The number of unbranched alkanes of at least 4 members (excludes halogenated alkanes) is 9. The molecule has 1 aromatic rings. The molecule has 0 spiro atoms. The molecule has 0 unspecified atom stereocenters. The van der Waals surface area contributed by atoms with Crippen molar-refractivity contribution in [3.8, 4) is 0 Å². The van der Waals surface area contributed by atoms with Gasteiger partial charge in [0, 0.05) is 0 Å². The monoisotopic (exact) mass is 366 g/mol. The number of hydrogen-bond acceptors (Lipinski definition) is 0. The van der Waals surface area contributed by atoms with Crippen LogP contribution >= 0.6 is 0 Å². The Morgan fingerprint density at radius 2 is 1.16 bits per heavy atom. The Hall–Kier alpha value is 0.0187. The van der Waals surface area contributed by atoms with Crippen LogP contribution in [0, 0.1) is 0 Å². The summed E-state index contributed by atoms with van der Waals surface area (Å²) in [5, 5.41) is 0. The summed E-state index contributed by atoms with van der Waals surface area (Å²) >= 11 is 1.24. The fraction of sp³-hybridized carbons (Fsp3) is 0.667. The van der Waals surface area contributed by atoms with Gasteiger partial charge in [0.1, 0.15) is 0 Å². The molecule has 0 saturated carbocycles. The zero-order valence-corrected chi connectivity index (χ0v) is 16.0. The minimum atomic E-state index is 1.24. The van der Waals surface area contributed by atoms with Gasteiger partial charge < -0.3 is 0 Å². The fourth-order valence-corrected chi connectivity index (χ4v) is 3.05. The second-order valence-corrected chi connectivity index (χ2v) is 7.58. The second kappa shape index (κ2) is 11.8. The van der Waals surface area contributed by atoms with Crippen molar-refractivity contribution < 1.29 is 0 Å². The van der Waals surface area contributed by atoms with Crippen LogP contribution in [-0.4, -0.2) is 22.5 Å². The molecule has 0 aliphatic carbocycles. The number of benzene rings is 1. The van der Waals surface area contributed by atoms with Crippen molar-refractivity contribution in [1.82, 2.24) is 0 Å². The molecule has 0 fully saturated rings. The van der Waals surface area contributed by atoms with E-state index >= 15 is 0 Å². The molecule has 0 aliphatic rings. The maximum absolute atomic E-state index is 2.31. The topological polar surface area (TPSA) is 0 Å². The first-order valence-electron chi connectivity index (χ1n) is 8.17. The first-order valence-corrected chi connectivity index (χ1v) is 9.82. The number of aryl methyl sites for hydroxylation is 1. The van der Waals surface area contributed by atoms with Crippen LogP contribution in [0.25, 0.3) is 0 Å². The van der Waals surface area contributed by atoms with E-state index in [4.69, 9.17) is 0 Å². The van der Waals surface area contributed by atoms with Gasteiger partial charge in [-0.05, 0) is 0 Å². The van der Waals surface area contributed by atoms with Crippen molar-refractivity contribution in [2.24, 2.45) is 0 Å². The molecule has 0 saturated heterocycles. The summed E-state index contributed by atoms with van der Waals surface area (Å²) in [6, 6.07) is 9.20. The molecule has 0 atom stereocenters. The third kappa shape index (κ3) is 9.54. The van der Waals surface area contributed by atoms with Crippen LogP contribution in [0.2, 0.25) is 0 Å². The average molecular weight is 365 g/mol. The Balaban J connectivity index is 1.87. The number of rotatable bonds is 11. The van der Waals surface area contributed by atoms with E-state index in [2.05, 4.69) is 31.2 Å². The SMILES string of the molecule is CCCCCCCCCCCCc1cc[c]([SnH])cc1. The summed E-state index contributed by atoms with van der Waals surface area (Å²) in [7, 11) is 0. The summed E-state index contributed by atoms with van der Waals surface area (Å²) in [6.45, 7) is 2.29. The third-order valence-corrected chi connectivity index (χ3v) is 4.90. The maximum atomic E-state index is 2.31. The van der Waals surface area contributed by atoms with Crippen LogP contribution in [0.5, 0.6) is 0 Å². The molecule has 1 aromatic carbocycles. The fourth-order valence-electron chi connectivity index (χ4n) is 2.50. The Bertz CT molecular complexity index is 302. The first-order chi connectivity index (χ1) is 9.33. The summed E-state index contributed by atoms with van der Waals surface area (Å²) in [5.41, 5.74) is 1.53. The van der Waals surface area contributed by atoms with Crippen LogP contribution in [0.3, 0.4) is 0 Å². The van der Waals surface area contributed by atoms with Crippen LogP contribution in [0.1, 0.15) is 76.7 Å². The molecule has 2 radical (unpaired) electrons. The van der Waals surface area contributed by atoms with E-state index in [1.165, 1.54) is 102 Å². The Morgan fingerprint density at radius 3 is 1.68 bits per heavy atom. The van der Waals surface area contributed by atoms with Gasteiger partial charge in [-0.3, -0.25) is 0 Å². The van der Waals surface area contributed by atoms with Crippen molar-refractivity contribution >= 4 is 26.1 Å². The third-order valence-electron chi connectivity index (χ3n) is 3.80. The van der Waals surface area contributed by atoms with E-state index in [9.17, 15) is 0 Å². The van der Waals surface area contributed by atoms with Crippen molar-refractivity contribution in [3.05, 3.63) is 29.8 Å². The van der Waals surface area contributed by atoms with Crippen molar-refractivity contribution in [1.29, 1.82) is 0 Å². The van der Waals surface area contributed by atoms with Crippen LogP contribution in [-0.2, 0) is 6.42 Å². The second-order valence-electron chi connectivity index (χ2n) is 5.67. The Morgan fingerprint density at radius 1 is 0.684 bits per heavy atom. The van der Waals surface area contributed by atoms with Gasteiger partial charge in [0.05, 0.1) is 0 Å². The average Bonchev–Trinajstić information content (AvgIpc) is 2.43. The normalized spacial score (nSPS) is 10.8. The molecule has 0 amide bonds. The van der Waals surface area contributed by atoms with E-state index in [0.717, 1.165) is 0 Å². The van der Waals surface area contributed by atoms with Crippen molar-refractivity contribution in [3.63, 3.8) is 0 Å². The molecule has 0 heterocycles. The van der Waals surface area contributed by atoms with Crippen LogP contribution in [0.15, 0.2) is 24.3 Å². The molecule has 0 nitrogen and oxygen atoms in total. The Kier molecular flexibility index (Phi) is 10.6. The quantitative estimate of drug-likeness (QED) is 0.395. The van der Waals surface area contributed by atoms with E-state index in [1.54, 1.807) is 0 Å². The molecule has 0 aliphatic heterocycles. The van der Waals surface area contributed by atoms with Gasteiger partial charge in [0.15, 0.2) is 0 Å². The molecule has 1 heteroatoms. The molecule has 19 heavy (non-hydrogen) atoms. The van der Waals surface area contributed by atoms with Gasteiger partial charge in [0.2, 0.25) is 0 Å². The summed E-state index contributed by atoms with van der Waals surface area (Å²) in [5.74, 6) is 0. The van der Waals surface area contributed by atoms with E-state index in [1.807, 2.05) is 0 Å². The predicted molar refractivity (Wildman–Crippen MR) is 88.8 cm³/mol. The molecule has 1 rings (SSSR count). The van der Waals surface area contributed by atoms with Gasteiger partial charge in [-0.2, -0.15) is 0 Å². The molecular weight excluding hydrogens is 335 g/mol. The number of hydrogen-bond donors (Lipinski definition) is 0. The van der Waals surface area contributed by atoms with Gasteiger partial charge >= 0.3 is 107 Å². The van der Waals surface area contributed by atoms with Crippen LogP contribution in [0.4, 0.5) is 0 Å². The summed E-state index contributed by atoms with van der Waals surface area (Å²) in [6.07, 6.45) is 15.6. The van der Waals surface area contributed by atoms with E-state index in [-0.39, 0.29) is 0 Å². The summed E-state index contributed by atoms with van der Waals surface area (Å²) < 4.78 is 1.50. The minimum absolute atomic E-state index is 1.24. The van der Waals surface area contributed by atoms with Gasteiger partial charge in [0.25, 0.3) is 0 Å². The molecule has 0 aromatic heterocycles. The zero-order chi connectivity index (χ0) is 13.8. The van der Waals surface area contributed by atoms with E-state index < -0.39 is 0 Å². The van der Waals surface area contributed by atoms with E-state index in [0.29, 0.717) is 0 Å².